The average Bonchev–Trinajstić information content (AvgIpc) is 2.10. The van der Waals surface area contributed by atoms with Gasteiger partial charge < -0.3 is 4.74 Å². The molecule has 0 atom stereocenters. The molecule has 0 unspecified atom stereocenters. The van der Waals surface area contributed by atoms with Crippen molar-refractivity contribution in [1.29, 1.82) is 0 Å². The molecular formula is C9H8O3. The van der Waals surface area contributed by atoms with Gasteiger partial charge in [0, 0.05) is 6.08 Å². The van der Waals surface area contributed by atoms with Gasteiger partial charge in [-0.1, -0.05) is 12.5 Å². The summed E-state index contributed by atoms with van der Waals surface area (Å²) in [7, 11) is 0. The van der Waals surface area contributed by atoms with E-state index < -0.39 is 5.97 Å². The van der Waals surface area contributed by atoms with Crippen LogP contribution in [0.2, 0.25) is 0 Å². The lowest BCUT2D eigenvalue weighted by Crippen LogP contribution is -2.01. The molecule has 0 aliphatic carbocycles. The third-order valence-corrected chi connectivity index (χ3v) is 0.883. The van der Waals surface area contributed by atoms with Crippen LogP contribution in [0.15, 0.2) is 24.8 Å². The Morgan fingerprint density at radius 3 is 2.67 bits per heavy atom. The predicted molar refractivity (Wildman–Crippen MR) is 44.1 cm³/mol. The summed E-state index contributed by atoms with van der Waals surface area (Å²) in [5.41, 5.74) is 0. The first-order chi connectivity index (χ1) is 5.70. The van der Waals surface area contributed by atoms with Crippen LogP contribution in [-0.4, -0.2) is 18.4 Å². The molecule has 0 aromatic carbocycles. The Morgan fingerprint density at radius 1 is 1.50 bits per heavy atom. The molecule has 0 aromatic rings. The maximum atomic E-state index is 10.6. The standard InChI is InChI=1S/C9H8O3/c1-3-7-12-9(11)6-5-8(10)4-2/h1,4-6H,2,7H2/b6-5+. The highest BCUT2D eigenvalue weighted by atomic mass is 16.5. The molecule has 62 valence electrons. The van der Waals surface area contributed by atoms with Crippen molar-refractivity contribution >= 4 is 11.8 Å². The zero-order valence-corrected chi connectivity index (χ0v) is 6.45. The van der Waals surface area contributed by atoms with E-state index in [9.17, 15) is 9.59 Å². The summed E-state index contributed by atoms with van der Waals surface area (Å²) < 4.78 is 4.44. The van der Waals surface area contributed by atoms with Crippen LogP contribution in [0.4, 0.5) is 0 Å². The van der Waals surface area contributed by atoms with Crippen LogP contribution in [0.25, 0.3) is 0 Å². The molecular weight excluding hydrogens is 156 g/mol. The summed E-state index contributed by atoms with van der Waals surface area (Å²) in [4.78, 5) is 21.2. The molecule has 0 fully saturated rings. The number of hydrogen-bond donors (Lipinski definition) is 0. The monoisotopic (exact) mass is 164 g/mol. The Labute approximate surface area is 70.7 Å². The first-order valence-corrected chi connectivity index (χ1v) is 3.15. The molecule has 0 rings (SSSR count). The van der Waals surface area contributed by atoms with E-state index in [0.717, 1.165) is 18.2 Å². The van der Waals surface area contributed by atoms with E-state index in [-0.39, 0.29) is 12.4 Å². The number of carbonyl (C=O) groups excluding carboxylic acids is 2. The highest BCUT2D eigenvalue weighted by Crippen LogP contribution is 1.82. The maximum absolute atomic E-state index is 10.6. The van der Waals surface area contributed by atoms with E-state index in [1.807, 2.05) is 0 Å². The van der Waals surface area contributed by atoms with Crippen LogP contribution in [-0.2, 0) is 14.3 Å². The smallest absolute Gasteiger partial charge is 0.331 e. The quantitative estimate of drug-likeness (QED) is 0.344. The molecule has 0 aromatic heterocycles. The van der Waals surface area contributed by atoms with Crippen LogP contribution in [0, 0.1) is 12.3 Å². The Kier molecular flexibility index (Phi) is 5.03. The fourth-order valence-electron chi connectivity index (χ4n) is 0.379. The molecule has 0 radical (unpaired) electrons. The highest BCUT2D eigenvalue weighted by molar-refractivity contribution is 6.02. The number of ether oxygens (including phenoxy) is 1. The van der Waals surface area contributed by atoms with Crippen molar-refractivity contribution in [2.24, 2.45) is 0 Å². The number of carbonyl (C=O) groups is 2. The Morgan fingerprint density at radius 2 is 2.17 bits per heavy atom. The topological polar surface area (TPSA) is 43.4 Å². The summed E-state index contributed by atoms with van der Waals surface area (Å²) >= 11 is 0. The first kappa shape index (κ1) is 10.2. The second-order valence-corrected chi connectivity index (χ2v) is 1.75. The average molecular weight is 164 g/mol. The number of esters is 1. The number of allylic oxidation sites excluding steroid dienone is 2. The molecule has 0 saturated carbocycles. The molecule has 12 heavy (non-hydrogen) atoms. The summed E-state index contributed by atoms with van der Waals surface area (Å²) in [6.07, 6.45) is 7.98. The SMILES string of the molecule is C#CCOC(=O)/C=C/C(=O)C=C. The van der Waals surface area contributed by atoms with E-state index >= 15 is 0 Å². The minimum atomic E-state index is -0.636. The van der Waals surface area contributed by atoms with Gasteiger partial charge in [-0.25, -0.2) is 4.79 Å². The fourth-order valence-corrected chi connectivity index (χ4v) is 0.379. The van der Waals surface area contributed by atoms with Crippen LogP contribution in [0.1, 0.15) is 0 Å². The molecule has 0 heterocycles. The van der Waals surface area contributed by atoms with Crippen LogP contribution in [0.5, 0.6) is 0 Å². The van der Waals surface area contributed by atoms with E-state index in [0.29, 0.717) is 0 Å². The zero-order chi connectivity index (χ0) is 9.40. The third kappa shape index (κ3) is 5.00. The Balaban J connectivity index is 3.85. The molecule has 0 aliphatic rings. The zero-order valence-electron chi connectivity index (χ0n) is 6.45. The molecule has 3 heteroatoms. The molecule has 0 N–H and O–H groups in total. The molecule has 0 saturated heterocycles. The minimum absolute atomic E-state index is 0.0918. The summed E-state index contributed by atoms with van der Waals surface area (Å²) in [5, 5.41) is 0. The van der Waals surface area contributed by atoms with Crippen LogP contribution >= 0.6 is 0 Å². The van der Waals surface area contributed by atoms with Gasteiger partial charge in [0.1, 0.15) is 0 Å². The highest BCUT2D eigenvalue weighted by Gasteiger charge is 1.94. The molecule has 0 spiro atoms. The van der Waals surface area contributed by atoms with Gasteiger partial charge in [-0.3, -0.25) is 4.79 Å². The van der Waals surface area contributed by atoms with E-state index in [1.165, 1.54) is 0 Å². The van der Waals surface area contributed by atoms with Gasteiger partial charge in [0.25, 0.3) is 0 Å². The minimum Gasteiger partial charge on any atom is -0.449 e. The Hall–Kier alpha value is -1.82. The maximum Gasteiger partial charge on any atom is 0.331 e. The molecule has 0 bridgehead atoms. The number of ketones is 1. The van der Waals surface area contributed by atoms with Gasteiger partial charge in [0.2, 0.25) is 0 Å². The molecule has 0 amide bonds. The largest absolute Gasteiger partial charge is 0.449 e. The van der Waals surface area contributed by atoms with Crippen molar-refractivity contribution in [2.45, 2.75) is 0 Å². The summed E-state index contributed by atoms with van der Waals surface area (Å²) in [5.74, 6) is 1.13. The first-order valence-electron chi connectivity index (χ1n) is 3.15. The van der Waals surface area contributed by atoms with E-state index in [4.69, 9.17) is 6.42 Å². The van der Waals surface area contributed by atoms with Crippen molar-refractivity contribution in [3.8, 4) is 12.3 Å². The van der Waals surface area contributed by atoms with Crippen molar-refractivity contribution in [2.75, 3.05) is 6.61 Å². The Bertz CT molecular complexity index is 255. The summed E-state index contributed by atoms with van der Waals surface area (Å²) in [6.45, 7) is 3.12. The normalized spacial score (nSPS) is 8.92. The van der Waals surface area contributed by atoms with Gasteiger partial charge in [-0.15, -0.1) is 6.42 Å². The van der Waals surface area contributed by atoms with Gasteiger partial charge in [-0.05, 0) is 12.2 Å². The molecule has 3 nitrogen and oxygen atoms in total. The van der Waals surface area contributed by atoms with Crippen molar-refractivity contribution in [1.82, 2.24) is 0 Å². The van der Waals surface area contributed by atoms with Crippen LogP contribution in [0.3, 0.4) is 0 Å². The second-order valence-electron chi connectivity index (χ2n) is 1.75. The van der Waals surface area contributed by atoms with Crippen LogP contribution < -0.4 is 0 Å². The fraction of sp³-hybridized carbons (Fsp3) is 0.111. The van der Waals surface area contributed by atoms with E-state index in [2.05, 4.69) is 17.2 Å². The van der Waals surface area contributed by atoms with Crippen molar-refractivity contribution in [3.63, 3.8) is 0 Å². The van der Waals surface area contributed by atoms with Gasteiger partial charge in [-0.2, -0.15) is 0 Å². The van der Waals surface area contributed by atoms with Crippen molar-refractivity contribution < 1.29 is 14.3 Å². The second kappa shape index (κ2) is 5.93. The molecule has 0 aliphatic heterocycles. The number of hydrogen-bond acceptors (Lipinski definition) is 3. The van der Waals surface area contributed by atoms with Gasteiger partial charge in [0.15, 0.2) is 12.4 Å². The third-order valence-electron chi connectivity index (χ3n) is 0.883. The van der Waals surface area contributed by atoms with Gasteiger partial charge in [0.05, 0.1) is 0 Å². The predicted octanol–water partition coefficient (Wildman–Crippen LogP) is 0.474. The lowest BCUT2D eigenvalue weighted by atomic mass is 10.3. The van der Waals surface area contributed by atoms with Crippen molar-refractivity contribution in [3.05, 3.63) is 24.8 Å². The van der Waals surface area contributed by atoms with E-state index in [1.54, 1.807) is 0 Å². The van der Waals surface area contributed by atoms with Gasteiger partial charge >= 0.3 is 5.97 Å². The lowest BCUT2D eigenvalue weighted by molar-refractivity contribution is -0.136. The lowest BCUT2D eigenvalue weighted by Gasteiger charge is -1.92. The number of rotatable bonds is 4. The summed E-state index contributed by atoms with van der Waals surface area (Å²) in [6, 6.07) is 0. The number of terminal acetylenes is 1.